The van der Waals surface area contributed by atoms with Gasteiger partial charge in [0, 0.05) is 12.5 Å². The highest BCUT2D eigenvalue weighted by atomic mass is 32.2. The van der Waals surface area contributed by atoms with Crippen molar-refractivity contribution in [1.29, 1.82) is 0 Å². The van der Waals surface area contributed by atoms with Crippen molar-refractivity contribution >= 4 is 15.9 Å². The summed E-state index contributed by atoms with van der Waals surface area (Å²) in [6.07, 6.45) is 0. The van der Waals surface area contributed by atoms with Gasteiger partial charge in [-0.1, -0.05) is 52.7 Å². The van der Waals surface area contributed by atoms with E-state index in [-0.39, 0.29) is 5.97 Å². The molecule has 0 aliphatic heterocycles. The second kappa shape index (κ2) is 7.45. The van der Waals surface area contributed by atoms with E-state index in [0.29, 0.717) is 11.5 Å². The number of hydrogen-bond acceptors (Lipinski definition) is 3. The van der Waals surface area contributed by atoms with Crippen LogP contribution < -0.4 is 4.74 Å². The van der Waals surface area contributed by atoms with E-state index in [9.17, 15) is 9.00 Å². The second-order valence-corrected chi connectivity index (χ2v) is 8.27. The van der Waals surface area contributed by atoms with Crippen LogP contribution in [0.25, 0.3) is 0 Å². The highest BCUT2D eigenvalue weighted by molar-refractivity contribution is 8.02. The molecule has 0 radical (unpaired) electrons. The molecule has 0 aliphatic carbocycles. The monoisotopic (exact) mass is 351 g/mol. The topological polar surface area (TPSA) is 43.4 Å². The van der Waals surface area contributed by atoms with E-state index in [1.165, 1.54) is 6.92 Å². The molecule has 0 aromatic heterocycles. The lowest BCUT2D eigenvalue weighted by molar-refractivity contribution is -0.131. The predicted molar refractivity (Wildman–Crippen MR) is 98.9 cm³/mol. The fourth-order valence-corrected chi connectivity index (χ4v) is 5.10. The smallest absolute Gasteiger partial charge is 0.308 e. The van der Waals surface area contributed by atoms with Gasteiger partial charge in [-0.15, -0.1) is 0 Å². The first-order valence-corrected chi connectivity index (χ1v) is 9.70. The minimum absolute atomic E-state index is 0.356. The fraction of sp³-hybridized carbons (Fsp3) is 0.0952. The van der Waals surface area contributed by atoms with E-state index in [0.717, 1.165) is 15.4 Å². The maximum Gasteiger partial charge on any atom is 0.308 e. The van der Waals surface area contributed by atoms with Crippen molar-refractivity contribution in [3.8, 4) is 5.75 Å². The highest BCUT2D eigenvalue weighted by Gasteiger charge is 2.34. The van der Waals surface area contributed by atoms with Crippen LogP contribution in [0.5, 0.6) is 5.75 Å². The number of esters is 1. The Hall–Kier alpha value is -2.72. The van der Waals surface area contributed by atoms with Gasteiger partial charge in [0.05, 0.1) is 0 Å². The molecule has 0 heterocycles. The van der Waals surface area contributed by atoms with E-state index in [2.05, 4.69) is 0 Å². The molecule has 0 saturated carbocycles. The minimum Gasteiger partial charge on any atom is -0.427 e. The van der Waals surface area contributed by atoms with Crippen LogP contribution in [0, 0.1) is 0 Å². The van der Waals surface area contributed by atoms with Crippen LogP contribution in [0.1, 0.15) is 12.5 Å². The first-order valence-electron chi connectivity index (χ1n) is 7.97. The maximum atomic E-state index is 13.9. The minimum atomic E-state index is -2.44. The number of carbonyl (C=O) groups is 1. The fourth-order valence-electron chi connectivity index (χ4n) is 2.64. The molecule has 0 unspecified atom stereocenters. The van der Waals surface area contributed by atoms with Gasteiger partial charge < -0.3 is 4.74 Å². The number of rotatable bonds is 5. The summed E-state index contributed by atoms with van der Waals surface area (Å²) in [4.78, 5) is 12.6. The van der Waals surface area contributed by atoms with Gasteiger partial charge in [0.1, 0.15) is 11.5 Å². The molecule has 0 N–H and O–H groups in total. The Bertz CT molecular complexity index is 844. The predicted octanol–water partition coefficient (Wildman–Crippen LogP) is 4.73. The summed E-state index contributed by atoms with van der Waals surface area (Å²) in [5.41, 5.74) is 0.925. The molecule has 3 rings (SSSR count). The summed E-state index contributed by atoms with van der Waals surface area (Å²) in [6.45, 7) is 1.37. The molecule has 3 nitrogen and oxygen atoms in total. The lowest BCUT2D eigenvalue weighted by Gasteiger charge is -2.13. The lowest BCUT2D eigenvalue weighted by atomic mass is 10.2. The zero-order valence-corrected chi connectivity index (χ0v) is 14.7. The Morgan fingerprint density at radius 3 is 1.72 bits per heavy atom. The second-order valence-electron chi connectivity index (χ2n) is 5.68. The van der Waals surface area contributed by atoms with Crippen molar-refractivity contribution in [3.63, 3.8) is 0 Å². The molecular formula is C21H19O3S+. The third-order valence-electron chi connectivity index (χ3n) is 3.80. The molecule has 0 bridgehead atoms. The Labute approximate surface area is 148 Å². The molecule has 126 valence electrons. The highest BCUT2D eigenvalue weighted by Crippen LogP contribution is 2.32. The van der Waals surface area contributed by atoms with Crippen LogP contribution in [0.4, 0.5) is 0 Å². The molecule has 0 atom stereocenters. The molecule has 0 fully saturated rings. The summed E-state index contributed by atoms with van der Waals surface area (Å²) in [6, 6.07) is 26.2. The zero-order valence-electron chi connectivity index (χ0n) is 13.9. The first kappa shape index (κ1) is 17.1. The van der Waals surface area contributed by atoms with E-state index in [1.54, 1.807) is 12.1 Å². The number of ether oxygens (including phenoxy) is 1. The lowest BCUT2D eigenvalue weighted by Crippen LogP contribution is -2.15. The van der Waals surface area contributed by atoms with Gasteiger partial charge in [-0.2, -0.15) is 0 Å². The summed E-state index contributed by atoms with van der Waals surface area (Å²) in [7, 11) is -2.44. The zero-order chi connectivity index (χ0) is 17.7. The van der Waals surface area contributed by atoms with Crippen LogP contribution in [0.3, 0.4) is 0 Å². The quantitative estimate of drug-likeness (QED) is 0.379. The van der Waals surface area contributed by atoms with Gasteiger partial charge in [0.2, 0.25) is 0 Å². The van der Waals surface area contributed by atoms with Gasteiger partial charge in [-0.3, -0.25) is 4.79 Å². The van der Waals surface area contributed by atoms with Gasteiger partial charge in [-0.25, -0.2) is 0 Å². The van der Waals surface area contributed by atoms with Crippen molar-refractivity contribution in [2.75, 3.05) is 0 Å². The Kier molecular flexibility index (Phi) is 5.10. The van der Waals surface area contributed by atoms with Crippen LogP contribution in [0.15, 0.2) is 94.7 Å². The summed E-state index contributed by atoms with van der Waals surface area (Å²) in [5, 5.41) is 0. The van der Waals surface area contributed by atoms with Gasteiger partial charge in [0.15, 0.2) is 19.7 Å². The third-order valence-corrected chi connectivity index (χ3v) is 6.61. The molecule has 0 aliphatic rings. The number of hydrogen-bond donors (Lipinski definition) is 0. The molecule has 0 spiro atoms. The van der Waals surface area contributed by atoms with Crippen LogP contribution >= 0.6 is 0 Å². The Balaban J connectivity index is 1.96. The van der Waals surface area contributed by atoms with Crippen molar-refractivity contribution in [3.05, 3.63) is 90.5 Å². The standard InChI is InChI=1S/C21H19O3S/c1-17(22)24-19-14-12-18(13-15-19)16-25(23,20-8-4-2-5-9-20)21-10-6-3-7-11-21/h2-15H,16H2,1H3/q+1. The number of carbonyl (C=O) groups excluding carboxylic acids is 1. The van der Waals surface area contributed by atoms with E-state index in [4.69, 9.17) is 4.74 Å². The molecule has 0 amide bonds. The van der Waals surface area contributed by atoms with E-state index < -0.39 is 9.93 Å². The maximum absolute atomic E-state index is 13.9. The molecular weight excluding hydrogens is 332 g/mol. The Morgan fingerprint density at radius 1 is 0.800 bits per heavy atom. The Morgan fingerprint density at radius 2 is 1.28 bits per heavy atom. The molecule has 3 aromatic carbocycles. The van der Waals surface area contributed by atoms with Crippen LogP contribution in [0.2, 0.25) is 0 Å². The molecule has 3 aromatic rings. The average molecular weight is 351 g/mol. The van der Waals surface area contributed by atoms with Crippen molar-refractivity contribution in [1.82, 2.24) is 0 Å². The SMILES string of the molecule is CC(=O)Oc1ccc(C[S+](=O)(c2ccccc2)c2ccccc2)cc1. The third kappa shape index (κ3) is 4.03. The average Bonchev–Trinajstić information content (AvgIpc) is 2.64. The van der Waals surface area contributed by atoms with E-state index >= 15 is 0 Å². The van der Waals surface area contributed by atoms with Gasteiger partial charge in [-0.05, 0) is 36.4 Å². The van der Waals surface area contributed by atoms with Crippen molar-refractivity contribution < 1.29 is 13.7 Å². The van der Waals surface area contributed by atoms with Crippen LogP contribution in [-0.4, -0.2) is 5.97 Å². The first-order chi connectivity index (χ1) is 12.1. The summed E-state index contributed by atoms with van der Waals surface area (Å²) >= 11 is 0. The van der Waals surface area contributed by atoms with Crippen molar-refractivity contribution in [2.45, 2.75) is 22.5 Å². The normalized spacial score (nSPS) is 11.1. The largest absolute Gasteiger partial charge is 0.427 e. The summed E-state index contributed by atoms with van der Waals surface area (Å²) < 4.78 is 19.0. The van der Waals surface area contributed by atoms with Crippen LogP contribution in [-0.2, 0) is 24.7 Å². The summed E-state index contributed by atoms with van der Waals surface area (Å²) in [5.74, 6) is 0.522. The molecule has 0 saturated heterocycles. The van der Waals surface area contributed by atoms with Crippen molar-refractivity contribution in [2.24, 2.45) is 0 Å². The van der Waals surface area contributed by atoms with Gasteiger partial charge >= 0.3 is 5.97 Å². The molecule has 4 heteroatoms. The van der Waals surface area contributed by atoms with E-state index in [1.807, 2.05) is 72.8 Å². The van der Waals surface area contributed by atoms with Gasteiger partial charge in [0.25, 0.3) is 0 Å². The molecule has 25 heavy (non-hydrogen) atoms. The number of benzene rings is 3.